The van der Waals surface area contributed by atoms with Crippen LogP contribution in [0.5, 0.6) is 0 Å². The Morgan fingerprint density at radius 1 is 0.921 bits per heavy atom. The minimum atomic E-state index is -0.254. The lowest BCUT2D eigenvalue weighted by molar-refractivity contribution is -0.130. The summed E-state index contributed by atoms with van der Waals surface area (Å²) in [6.07, 6.45) is 1.52. The Hall–Kier alpha value is -3.63. The Kier molecular flexibility index (Phi) is 9.19. The molecule has 0 aromatic heterocycles. The van der Waals surface area contributed by atoms with Crippen LogP contribution in [-0.4, -0.2) is 69.8 Å². The average molecular weight is 511 g/mol. The van der Waals surface area contributed by atoms with Gasteiger partial charge in [-0.1, -0.05) is 42.2 Å². The molecule has 1 N–H and O–H groups in total. The van der Waals surface area contributed by atoms with Crippen LogP contribution in [0.3, 0.4) is 0 Å². The fourth-order valence-corrected chi connectivity index (χ4v) is 5.04. The van der Waals surface area contributed by atoms with Gasteiger partial charge in [-0.25, -0.2) is 0 Å². The Bertz CT molecular complexity index is 1240. The topological polar surface area (TPSA) is 48.1 Å². The molecule has 0 aliphatic carbocycles. The maximum atomic E-state index is 13.4. The van der Waals surface area contributed by atoms with E-state index >= 15 is 0 Å². The van der Waals surface area contributed by atoms with Crippen molar-refractivity contribution in [1.29, 1.82) is 0 Å². The molecule has 198 valence electrons. The number of likely N-dealkylation sites (tertiary alicyclic amines) is 1. The van der Waals surface area contributed by atoms with Crippen LogP contribution in [0.1, 0.15) is 35.6 Å². The first-order valence-electron chi connectivity index (χ1n) is 13.1. The van der Waals surface area contributed by atoms with Gasteiger partial charge >= 0.3 is 0 Å². The second kappa shape index (κ2) is 12.7. The van der Waals surface area contributed by atoms with Crippen molar-refractivity contribution in [3.63, 3.8) is 0 Å². The number of likely N-dealkylation sites (N-methyl/N-ethyl adjacent to an activating group) is 1. The molecule has 6 heteroatoms. The Labute approximate surface area is 227 Å². The fourth-order valence-electron chi connectivity index (χ4n) is 5.04. The van der Waals surface area contributed by atoms with Gasteiger partial charge in [-0.3, -0.25) is 14.6 Å². The van der Waals surface area contributed by atoms with E-state index in [1.165, 1.54) is 5.56 Å². The summed E-state index contributed by atoms with van der Waals surface area (Å²) in [5.74, 6) is 6.41. The summed E-state index contributed by atoms with van der Waals surface area (Å²) in [5, 5.41) is 3.12. The molecule has 1 aliphatic rings. The number of methoxy groups -OCH3 is 1. The summed E-state index contributed by atoms with van der Waals surface area (Å²) >= 11 is 0. The van der Waals surface area contributed by atoms with E-state index < -0.39 is 0 Å². The van der Waals surface area contributed by atoms with Crippen molar-refractivity contribution in [2.45, 2.75) is 31.2 Å². The van der Waals surface area contributed by atoms with Gasteiger partial charge in [-0.15, -0.1) is 0 Å². The van der Waals surface area contributed by atoms with Gasteiger partial charge in [0, 0.05) is 50.3 Å². The van der Waals surface area contributed by atoms with E-state index in [2.05, 4.69) is 70.2 Å². The van der Waals surface area contributed by atoms with Crippen molar-refractivity contribution < 1.29 is 9.53 Å². The quantitative estimate of drug-likeness (QED) is 0.440. The molecule has 3 aromatic rings. The number of amides is 1. The minimum absolute atomic E-state index is 0.00469. The standard InChI is InChI=1S/C32H38N4O2/c1-34(2)28-21-17-25(18-22-28)14-13-24-15-19-27(20-16-24)33-31(37)29-12-9-23-36(29)32(38-5)30(35(3)4)26-10-7-6-8-11-26/h6-8,10-11,15-22,29-30,32H,9,12,23H2,1-5H3,(H,33,37)/t29?,30-,32?/m1/s1. The van der Waals surface area contributed by atoms with Crippen LogP contribution < -0.4 is 10.2 Å². The zero-order chi connectivity index (χ0) is 27.1. The zero-order valence-electron chi connectivity index (χ0n) is 23.0. The highest BCUT2D eigenvalue weighted by Crippen LogP contribution is 2.32. The van der Waals surface area contributed by atoms with Gasteiger partial charge in [0.25, 0.3) is 0 Å². The lowest BCUT2D eigenvalue weighted by Gasteiger charge is -2.39. The van der Waals surface area contributed by atoms with E-state index in [1.807, 2.05) is 68.7 Å². The van der Waals surface area contributed by atoms with Crippen molar-refractivity contribution in [1.82, 2.24) is 9.80 Å². The van der Waals surface area contributed by atoms with Crippen LogP contribution in [0.25, 0.3) is 0 Å². The average Bonchev–Trinajstić information content (AvgIpc) is 3.41. The number of ether oxygens (including phenoxy) is 1. The molecule has 6 nitrogen and oxygen atoms in total. The van der Waals surface area contributed by atoms with Gasteiger partial charge in [-0.2, -0.15) is 0 Å². The summed E-state index contributed by atoms with van der Waals surface area (Å²) in [6, 6.07) is 26.0. The first-order chi connectivity index (χ1) is 18.4. The van der Waals surface area contributed by atoms with Crippen molar-refractivity contribution in [3.05, 3.63) is 95.6 Å². The van der Waals surface area contributed by atoms with Crippen LogP contribution in [0.4, 0.5) is 11.4 Å². The van der Waals surface area contributed by atoms with Gasteiger partial charge in [0.1, 0.15) is 6.23 Å². The van der Waals surface area contributed by atoms with Crippen LogP contribution in [-0.2, 0) is 9.53 Å². The molecule has 1 amide bonds. The molecule has 0 saturated carbocycles. The van der Waals surface area contributed by atoms with Gasteiger partial charge in [0.15, 0.2) is 0 Å². The predicted molar refractivity (Wildman–Crippen MR) is 155 cm³/mol. The van der Waals surface area contributed by atoms with E-state index in [-0.39, 0.29) is 24.2 Å². The van der Waals surface area contributed by atoms with E-state index in [9.17, 15) is 4.79 Å². The number of nitrogens with one attached hydrogen (secondary N) is 1. The maximum absolute atomic E-state index is 13.4. The van der Waals surface area contributed by atoms with Gasteiger partial charge in [0.2, 0.25) is 5.91 Å². The monoisotopic (exact) mass is 510 g/mol. The molecule has 1 saturated heterocycles. The molecule has 0 bridgehead atoms. The highest BCUT2D eigenvalue weighted by molar-refractivity contribution is 5.95. The first kappa shape index (κ1) is 27.4. The summed E-state index contributed by atoms with van der Waals surface area (Å²) in [6.45, 7) is 0.817. The molecule has 1 aliphatic heterocycles. The van der Waals surface area contributed by atoms with Crippen molar-refractivity contribution in [2.24, 2.45) is 0 Å². The summed E-state index contributed by atoms with van der Waals surface area (Å²) < 4.78 is 6.03. The molecule has 0 spiro atoms. The molecule has 3 atom stereocenters. The van der Waals surface area contributed by atoms with Crippen LogP contribution in [0.2, 0.25) is 0 Å². The molecule has 4 rings (SSSR count). The third kappa shape index (κ3) is 6.62. The van der Waals surface area contributed by atoms with Gasteiger partial charge in [-0.05, 0) is 81.0 Å². The Morgan fingerprint density at radius 2 is 1.53 bits per heavy atom. The van der Waals surface area contributed by atoms with E-state index in [0.29, 0.717) is 0 Å². The number of hydrogen-bond donors (Lipinski definition) is 1. The maximum Gasteiger partial charge on any atom is 0.241 e. The highest BCUT2D eigenvalue weighted by atomic mass is 16.5. The molecule has 0 radical (unpaired) electrons. The number of nitrogens with zero attached hydrogens (tertiary/aromatic N) is 3. The highest BCUT2D eigenvalue weighted by Gasteiger charge is 2.40. The van der Waals surface area contributed by atoms with Gasteiger partial charge in [0.05, 0.1) is 12.1 Å². The SMILES string of the molecule is COC([C@@H](c1ccccc1)N(C)C)N1CCCC1C(=O)Nc1ccc(C#Cc2ccc(N(C)C)cc2)cc1. The number of rotatable bonds is 8. The van der Waals surface area contributed by atoms with Gasteiger partial charge < -0.3 is 15.0 Å². The third-order valence-corrected chi connectivity index (χ3v) is 7.02. The van der Waals surface area contributed by atoms with Crippen molar-refractivity contribution >= 4 is 17.3 Å². The number of carbonyl (C=O) groups is 1. The molecule has 1 heterocycles. The van der Waals surface area contributed by atoms with Crippen LogP contribution in [0, 0.1) is 11.8 Å². The van der Waals surface area contributed by atoms with E-state index in [0.717, 1.165) is 41.9 Å². The zero-order valence-corrected chi connectivity index (χ0v) is 23.0. The molecule has 2 unspecified atom stereocenters. The molecule has 38 heavy (non-hydrogen) atoms. The van der Waals surface area contributed by atoms with E-state index in [1.54, 1.807) is 7.11 Å². The minimum Gasteiger partial charge on any atom is -0.378 e. The van der Waals surface area contributed by atoms with Crippen LogP contribution in [0.15, 0.2) is 78.9 Å². The first-order valence-corrected chi connectivity index (χ1v) is 13.1. The van der Waals surface area contributed by atoms with E-state index in [4.69, 9.17) is 4.74 Å². The predicted octanol–water partition coefficient (Wildman–Crippen LogP) is 4.83. The molecular weight excluding hydrogens is 472 g/mol. The molecule has 1 fully saturated rings. The fraction of sp³-hybridized carbons (Fsp3) is 0.344. The van der Waals surface area contributed by atoms with Crippen LogP contribution >= 0.6 is 0 Å². The number of carbonyl (C=O) groups excluding carboxylic acids is 1. The summed E-state index contributed by atoms with van der Waals surface area (Å²) in [4.78, 5) is 19.8. The Morgan fingerprint density at radius 3 is 2.08 bits per heavy atom. The number of hydrogen-bond acceptors (Lipinski definition) is 5. The number of benzene rings is 3. The Balaban J connectivity index is 1.43. The number of anilines is 2. The molecule has 3 aromatic carbocycles. The molecular formula is C32H38N4O2. The van der Waals surface area contributed by atoms with Crippen molar-refractivity contribution in [3.8, 4) is 11.8 Å². The second-order valence-electron chi connectivity index (χ2n) is 10.1. The largest absolute Gasteiger partial charge is 0.378 e. The third-order valence-electron chi connectivity index (χ3n) is 7.02. The summed E-state index contributed by atoms with van der Waals surface area (Å²) in [7, 11) is 9.88. The van der Waals surface area contributed by atoms with Crippen molar-refractivity contribution in [2.75, 3.05) is 52.1 Å². The summed E-state index contributed by atoms with van der Waals surface area (Å²) in [5.41, 5.74) is 4.95. The smallest absolute Gasteiger partial charge is 0.241 e. The normalized spacial score (nSPS) is 16.9. The lowest BCUT2D eigenvalue weighted by Crippen LogP contribution is -2.51. The second-order valence-corrected chi connectivity index (χ2v) is 10.1. The lowest BCUT2D eigenvalue weighted by atomic mass is 10.0.